The van der Waals surface area contributed by atoms with Gasteiger partial charge >= 0.3 is 0 Å². The Labute approximate surface area is 641 Å². The normalized spacial score (nSPS) is 13.3. The number of fused-ring (bicyclic) bond motifs is 17. The van der Waals surface area contributed by atoms with Crippen molar-refractivity contribution in [2.75, 3.05) is 9.80 Å². The van der Waals surface area contributed by atoms with Gasteiger partial charge in [-0.15, -0.1) is 11.3 Å². The molecule has 0 saturated heterocycles. The molecular formula is C101H82BN5OS. The molecule has 18 aromatic rings. The Balaban J connectivity index is 0.952. The number of benzene rings is 14. The highest BCUT2D eigenvalue weighted by atomic mass is 32.1. The van der Waals surface area contributed by atoms with Gasteiger partial charge in [-0.2, -0.15) is 5.26 Å². The van der Waals surface area contributed by atoms with Crippen molar-refractivity contribution in [1.82, 2.24) is 9.13 Å². The highest BCUT2D eigenvalue weighted by Crippen LogP contribution is 2.54. The molecule has 0 atom stereocenters. The molecule has 0 fully saturated rings. The van der Waals surface area contributed by atoms with Gasteiger partial charge in [0.15, 0.2) is 0 Å². The van der Waals surface area contributed by atoms with E-state index < -0.39 is 0 Å². The molecule has 2 aliphatic rings. The van der Waals surface area contributed by atoms with E-state index in [0.717, 1.165) is 123 Å². The van der Waals surface area contributed by atoms with Crippen LogP contribution in [0.5, 0.6) is 0 Å². The highest BCUT2D eigenvalue weighted by molar-refractivity contribution is 7.26. The van der Waals surface area contributed by atoms with E-state index in [1.54, 1.807) is 0 Å². The number of hydrogen-bond acceptors (Lipinski definition) is 5. The van der Waals surface area contributed by atoms with Crippen molar-refractivity contribution < 1.29 is 4.42 Å². The van der Waals surface area contributed by atoms with Crippen LogP contribution in [0.3, 0.4) is 0 Å². The highest BCUT2D eigenvalue weighted by Gasteiger charge is 2.46. The molecule has 6 heterocycles. The molecule has 14 aromatic carbocycles. The quantitative estimate of drug-likeness (QED) is 0.149. The fourth-order valence-electron chi connectivity index (χ4n) is 17.9. The zero-order chi connectivity index (χ0) is 74.5. The fraction of sp³-hybridized carbons (Fsp3) is 0.158. The molecule has 8 heteroatoms. The Morgan fingerprint density at radius 1 is 0.330 bits per heavy atom. The second-order valence-electron chi connectivity index (χ2n) is 34.4. The van der Waals surface area contributed by atoms with Crippen LogP contribution in [0.2, 0.25) is 0 Å². The summed E-state index contributed by atoms with van der Waals surface area (Å²) in [5, 5.41) is 19.7. The first-order valence-electron chi connectivity index (χ1n) is 38.3. The summed E-state index contributed by atoms with van der Waals surface area (Å²) in [5.41, 5.74) is 30.1. The Hall–Kier alpha value is -12.1. The lowest BCUT2D eigenvalue weighted by atomic mass is 9.33. The minimum Gasteiger partial charge on any atom is -0.455 e. The molecule has 2 aliphatic heterocycles. The first-order valence-corrected chi connectivity index (χ1v) is 39.1. The van der Waals surface area contributed by atoms with E-state index in [4.69, 9.17) is 4.42 Å². The lowest BCUT2D eigenvalue weighted by molar-refractivity contribution is 0.590. The van der Waals surface area contributed by atoms with Gasteiger partial charge < -0.3 is 23.4 Å². The summed E-state index contributed by atoms with van der Waals surface area (Å²) in [5.74, 6) is 0. The zero-order valence-corrected chi connectivity index (χ0v) is 64.5. The lowest BCUT2D eigenvalue weighted by Gasteiger charge is -2.45. The number of anilines is 6. The summed E-state index contributed by atoms with van der Waals surface area (Å²) in [4.78, 5) is 5.28. The van der Waals surface area contributed by atoms with Crippen LogP contribution in [0.15, 0.2) is 283 Å². The first-order chi connectivity index (χ1) is 52.5. The predicted octanol–water partition coefficient (Wildman–Crippen LogP) is 26.3. The second kappa shape index (κ2) is 23.9. The van der Waals surface area contributed by atoms with Gasteiger partial charge in [0.2, 0.25) is 0 Å². The molecule has 109 heavy (non-hydrogen) atoms. The number of thiophene rings is 1. The Kier molecular flexibility index (Phi) is 14.6. The SMILES string of the molecule is CC(C)(C)c1ccc(N2c3cc(-n4c5ccccc5c5cc(C#N)ccc54)ccc3B3c4ccc(-n5c6ccc(C(C)(C)C)cc6c6cc(C(C)(C)C)ccc65)cc4N(c4ccc(C(C)(C)C)cc4-c4ccccc4)c4cc(-c5cccc6c5oc5ccc7sc8ccccc8c7c56)cc2c43)c(-c2ccccc2)c1. The van der Waals surface area contributed by atoms with Gasteiger partial charge in [-0.25, -0.2) is 0 Å². The molecule has 0 amide bonds. The number of aromatic nitrogens is 2. The van der Waals surface area contributed by atoms with Crippen molar-refractivity contribution >= 4 is 154 Å². The molecule has 0 aliphatic carbocycles. The first kappa shape index (κ1) is 66.3. The van der Waals surface area contributed by atoms with Gasteiger partial charge in [-0.05, 0) is 204 Å². The molecular weight excluding hydrogens is 1340 g/mol. The fourth-order valence-corrected chi connectivity index (χ4v) is 19.0. The van der Waals surface area contributed by atoms with Crippen LogP contribution < -0.4 is 26.2 Å². The van der Waals surface area contributed by atoms with Crippen molar-refractivity contribution in [3.63, 3.8) is 0 Å². The minimum atomic E-state index is -0.289. The number of hydrogen-bond donors (Lipinski definition) is 0. The second-order valence-corrected chi connectivity index (χ2v) is 35.5. The monoisotopic (exact) mass is 1420 g/mol. The molecule has 0 saturated carbocycles. The van der Waals surface area contributed by atoms with E-state index >= 15 is 0 Å². The van der Waals surface area contributed by atoms with Crippen molar-refractivity contribution in [2.24, 2.45) is 0 Å². The topological polar surface area (TPSA) is 53.3 Å². The summed E-state index contributed by atoms with van der Waals surface area (Å²) in [6, 6.07) is 108. The third kappa shape index (κ3) is 10.3. The predicted molar refractivity (Wildman–Crippen MR) is 465 cm³/mol. The number of furan rings is 1. The molecule has 0 spiro atoms. The van der Waals surface area contributed by atoms with Gasteiger partial charge in [0.05, 0.1) is 45.1 Å². The number of nitrogens with zero attached hydrogens (tertiary/aromatic N) is 5. The van der Waals surface area contributed by atoms with Crippen LogP contribution in [-0.2, 0) is 21.7 Å². The van der Waals surface area contributed by atoms with Crippen LogP contribution in [0, 0.1) is 11.3 Å². The number of para-hydroxylation sites is 2. The minimum absolute atomic E-state index is 0.0703. The van der Waals surface area contributed by atoms with Crippen LogP contribution >= 0.6 is 11.3 Å². The Morgan fingerprint density at radius 3 is 1.34 bits per heavy atom. The lowest BCUT2D eigenvalue weighted by Crippen LogP contribution is -2.61. The van der Waals surface area contributed by atoms with Crippen LogP contribution in [-0.4, -0.2) is 15.8 Å². The van der Waals surface area contributed by atoms with Gasteiger partial charge in [-0.3, -0.25) is 0 Å². The average molecular weight is 1420 g/mol. The maximum absolute atomic E-state index is 10.4. The summed E-state index contributed by atoms with van der Waals surface area (Å²) >= 11 is 1.84. The largest absolute Gasteiger partial charge is 0.455 e. The standard InChI is InChI=1S/C101H82BN5OS/c1-98(2,3)64-35-44-82(74(53-64)61-24-15-13-16-25-61)106-87-57-68(104-81-32-21-19-28-71(81)76-50-60(59-103)34-43-84(76)104)39-41-79(87)102-80-42-40-69(105-85-46-37-66(100(7,8)9)55-77(85)78-56-67(101(10,11)12)38-47-86(78)105)58-88(80)107(83-45-36-65(99(4,5)6)54-75(83)62-26-17-14-18-27-62)90-52-63(51-89(106)96(90)102)70-30-23-31-73-94-91(108-97(70)73)48-49-93-95(94)72-29-20-22-33-92(72)109-93/h13-58H,1-12H3. The smallest absolute Gasteiger partial charge is 0.252 e. The van der Waals surface area contributed by atoms with E-state index in [1.165, 1.54) is 80.6 Å². The van der Waals surface area contributed by atoms with Crippen molar-refractivity contribution in [2.45, 2.75) is 105 Å². The molecule has 0 N–H and O–H groups in total. The van der Waals surface area contributed by atoms with E-state index in [1.807, 2.05) is 17.4 Å². The van der Waals surface area contributed by atoms with Crippen molar-refractivity contribution in [1.29, 1.82) is 5.26 Å². The molecule has 6 nitrogen and oxygen atoms in total. The Morgan fingerprint density at radius 2 is 0.798 bits per heavy atom. The molecule has 4 aromatic heterocycles. The maximum atomic E-state index is 10.4. The van der Waals surface area contributed by atoms with Gasteiger partial charge in [0.25, 0.3) is 6.71 Å². The van der Waals surface area contributed by atoms with Crippen molar-refractivity contribution in [3.05, 3.63) is 307 Å². The summed E-state index contributed by atoms with van der Waals surface area (Å²) in [6.45, 7) is 27.6. The number of rotatable bonds is 7. The Bertz CT molecular complexity index is 6860. The van der Waals surface area contributed by atoms with E-state index in [0.29, 0.717) is 5.56 Å². The van der Waals surface area contributed by atoms with E-state index in [9.17, 15) is 5.26 Å². The van der Waals surface area contributed by atoms with E-state index in [-0.39, 0.29) is 28.4 Å². The summed E-state index contributed by atoms with van der Waals surface area (Å²) < 4.78 is 14.9. The van der Waals surface area contributed by atoms with Gasteiger partial charge in [-0.1, -0.05) is 235 Å². The van der Waals surface area contributed by atoms with Gasteiger partial charge in [0.1, 0.15) is 11.2 Å². The maximum Gasteiger partial charge on any atom is 0.252 e. The molecule has 20 rings (SSSR count). The summed E-state index contributed by atoms with van der Waals surface area (Å²) in [7, 11) is 0. The average Bonchev–Trinajstić information content (AvgIpc) is 1.33. The number of nitriles is 1. The zero-order valence-electron chi connectivity index (χ0n) is 63.7. The van der Waals surface area contributed by atoms with Crippen LogP contribution in [0.25, 0.3) is 130 Å². The third-order valence-electron chi connectivity index (χ3n) is 23.5. The molecule has 0 bridgehead atoms. The third-order valence-corrected chi connectivity index (χ3v) is 24.7. The van der Waals surface area contributed by atoms with Crippen LogP contribution in [0.4, 0.5) is 34.1 Å². The van der Waals surface area contributed by atoms with Gasteiger partial charge in [0, 0.05) is 103 Å². The molecule has 0 radical (unpaired) electrons. The molecule has 0 unspecified atom stereocenters. The molecule has 526 valence electrons. The summed E-state index contributed by atoms with van der Waals surface area (Å²) in [6.07, 6.45) is 0. The van der Waals surface area contributed by atoms with E-state index in [2.05, 4.69) is 381 Å². The van der Waals surface area contributed by atoms with Crippen LogP contribution in [0.1, 0.15) is 111 Å². The van der Waals surface area contributed by atoms with Crippen molar-refractivity contribution in [3.8, 4) is 50.8 Å².